The maximum Gasteiger partial charge on any atom is 0.317 e. The Balaban J connectivity index is 1.43. The maximum absolute atomic E-state index is 12.2. The molecular weight excluding hydrogens is 286 g/mol. The predicted octanol–water partition coefficient (Wildman–Crippen LogP) is 3.93. The minimum Gasteiger partial charge on any atom is -0.361 e. The number of aromatic nitrogens is 1. The number of para-hydroxylation sites is 1. The lowest BCUT2D eigenvalue weighted by atomic mass is 10.0. The highest BCUT2D eigenvalue weighted by molar-refractivity contribution is 5.83. The number of aryl methyl sites for hydroxylation is 1. The number of aromatic amines is 1. The molecule has 2 amide bonds. The van der Waals surface area contributed by atoms with Crippen LogP contribution >= 0.6 is 0 Å². The minimum absolute atomic E-state index is 0.109. The lowest BCUT2D eigenvalue weighted by Crippen LogP contribution is -2.41. The van der Waals surface area contributed by atoms with Crippen molar-refractivity contribution in [3.05, 3.63) is 36.0 Å². The van der Waals surface area contributed by atoms with E-state index in [0.29, 0.717) is 0 Å². The fourth-order valence-electron chi connectivity index (χ4n) is 3.39. The molecule has 1 aliphatic rings. The molecule has 1 saturated heterocycles. The lowest BCUT2D eigenvalue weighted by molar-refractivity contribution is 0.199. The molecule has 3 rings (SSSR count). The van der Waals surface area contributed by atoms with Crippen LogP contribution in [0.5, 0.6) is 0 Å². The van der Waals surface area contributed by atoms with E-state index in [1.165, 1.54) is 22.9 Å². The summed E-state index contributed by atoms with van der Waals surface area (Å²) in [5, 5.41) is 4.37. The molecular formula is C19H27N3O. The van der Waals surface area contributed by atoms with Gasteiger partial charge in [-0.25, -0.2) is 4.79 Å². The van der Waals surface area contributed by atoms with Gasteiger partial charge >= 0.3 is 6.03 Å². The Hall–Kier alpha value is -1.97. The summed E-state index contributed by atoms with van der Waals surface area (Å²) in [5.74, 6) is 0.745. The van der Waals surface area contributed by atoms with Crippen molar-refractivity contribution >= 4 is 16.9 Å². The fourth-order valence-corrected chi connectivity index (χ4v) is 3.39. The van der Waals surface area contributed by atoms with Crippen LogP contribution < -0.4 is 5.32 Å². The van der Waals surface area contributed by atoms with E-state index in [1.807, 2.05) is 11.0 Å². The van der Waals surface area contributed by atoms with Crippen molar-refractivity contribution < 1.29 is 4.79 Å². The van der Waals surface area contributed by atoms with Crippen LogP contribution in [0.2, 0.25) is 0 Å². The molecule has 1 aromatic heterocycles. The first-order valence-electron chi connectivity index (χ1n) is 8.82. The van der Waals surface area contributed by atoms with Crippen LogP contribution in [0.4, 0.5) is 4.79 Å². The first-order valence-corrected chi connectivity index (χ1v) is 8.82. The van der Waals surface area contributed by atoms with Crippen molar-refractivity contribution in [1.29, 1.82) is 0 Å². The second kappa shape index (κ2) is 7.53. The molecule has 1 aromatic carbocycles. The molecule has 0 aliphatic carbocycles. The topological polar surface area (TPSA) is 48.1 Å². The molecule has 124 valence electrons. The Morgan fingerprint density at radius 2 is 2.17 bits per heavy atom. The summed E-state index contributed by atoms with van der Waals surface area (Å²) in [7, 11) is 0. The molecule has 0 bridgehead atoms. The second-order valence-corrected chi connectivity index (χ2v) is 6.72. The number of benzene rings is 1. The van der Waals surface area contributed by atoms with Crippen LogP contribution in [0, 0.1) is 5.92 Å². The van der Waals surface area contributed by atoms with Gasteiger partial charge in [0.1, 0.15) is 0 Å². The summed E-state index contributed by atoms with van der Waals surface area (Å²) in [6, 6.07) is 8.48. The smallest absolute Gasteiger partial charge is 0.317 e. The van der Waals surface area contributed by atoms with Gasteiger partial charge in [0.15, 0.2) is 0 Å². The standard InChI is InChI=1S/C19H27N3O/c1-15-6-5-12-22(13-10-15)19(23)20-11-4-7-16-14-21-18-9-3-2-8-17(16)18/h2-3,8-9,14-15,21H,4-7,10-13H2,1H3,(H,20,23)/t15-/m1/s1. The van der Waals surface area contributed by atoms with Gasteiger partial charge in [0, 0.05) is 36.7 Å². The van der Waals surface area contributed by atoms with Crippen LogP contribution in [0.15, 0.2) is 30.5 Å². The summed E-state index contributed by atoms with van der Waals surface area (Å²) in [4.78, 5) is 17.5. The normalized spacial score (nSPS) is 18.8. The van der Waals surface area contributed by atoms with Crippen molar-refractivity contribution in [2.45, 2.75) is 39.0 Å². The van der Waals surface area contributed by atoms with E-state index >= 15 is 0 Å². The summed E-state index contributed by atoms with van der Waals surface area (Å²) >= 11 is 0. The summed E-state index contributed by atoms with van der Waals surface area (Å²) in [6.45, 7) is 4.82. The summed E-state index contributed by atoms with van der Waals surface area (Å²) in [5.41, 5.74) is 2.52. The first kappa shape index (κ1) is 15.9. The number of urea groups is 1. The van der Waals surface area contributed by atoms with E-state index in [1.54, 1.807) is 0 Å². The van der Waals surface area contributed by atoms with Crippen molar-refractivity contribution in [2.75, 3.05) is 19.6 Å². The SMILES string of the molecule is C[C@@H]1CCCN(C(=O)NCCCc2c[nH]c3ccccc23)CC1. The van der Waals surface area contributed by atoms with E-state index in [4.69, 9.17) is 0 Å². The number of nitrogens with one attached hydrogen (secondary N) is 2. The fraction of sp³-hybridized carbons (Fsp3) is 0.526. The van der Waals surface area contributed by atoms with Gasteiger partial charge in [-0.2, -0.15) is 0 Å². The Labute approximate surface area is 138 Å². The second-order valence-electron chi connectivity index (χ2n) is 6.72. The van der Waals surface area contributed by atoms with Crippen LogP contribution in [-0.4, -0.2) is 35.5 Å². The van der Waals surface area contributed by atoms with Gasteiger partial charge in [-0.05, 0) is 49.7 Å². The highest BCUT2D eigenvalue weighted by atomic mass is 16.2. The zero-order chi connectivity index (χ0) is 16.1. The molecule has 0 unspecified atom stereocenters. The number of rotatable bonds is 4. The molecule has 1 aliphatic heterocycles. The molecule has 2 aromatic rings. The Morgan fingerprint density at radius 3 is 3.09 bits per heavy atom. The third-order valence-corrected chi connectivity index (χ3v) is 4.88. The van der Waals surface area contributed by atoms with E-state index in [2.05, 4.69) is 41.6 Å². The zero-order valence-electron chi connectivity index (χ0n) is 14.0. The van der Waals surface area contributed by atoms with E-state index in [9.17, 15) is 4.79 Å². The molecule has 2 heterocycles. The first-order chi connectivity index (χ1) is 11.2. The van der Waals surface area contributed by atoms with E-state index in [0.717, 1.165) is 51.2 Å². The van der Waals surface area contributed by atoms with Crippen molar-refractivity contribution in [2.24, 2.45) is 5.92 Å². The maximum atomic E-state index is 12.2. The molecule has 4 nitrogen and oxygen atoms in total. The van der Waals surface area contributed by atoms with Crippen molar-refractivity contribution in [1.82, 2.24) is 15.2 Å². The number of fused-ring (bicyclic) bond motifs is 1. The highest BCUT2D eigenvalue weighted by Crippen LogP contribution is 2.19. The van der Waals surface area contributed by atoms with E-state index < -0.39 is 0 Å². The zero-order valence-corrected chi connectivity index (χ0v) is 14.0. The number of amides is 2. The Kier molecular flexibility index (Phi) is 5.21. The van der Waals surface area contributed by atoms with Crippen LogP contribution in [0.25, 0.3) is 10.9 Å². The number of nitrogens with zero attached hydrogens (tertiary/aromatic N) is 1. The molecule has 0 saturated carbocycles. The number of carbonyl (C=O) groups excluding carboxylic acids is 1. The molecule has 0 radical (unpaired) electrons. The van der Waals surface area contributed by atoms with Crippen molar-refractivity contribution in [3.63, 3.8) is 0 Å². The highest BCUT2D eigenvalue weighted by Gasteiger charge is 2.17. The van der Waals surface area contributed by atoms with Gasteiger partial charge in [0.05, 0.1) is 0 Å². The van der Waals surface area contributed by atoms with Crippen LogP contribution in [-0.2, 0) is 6.42 Å². The summed E-state index contributed by atoms with van der Waals surface area (Å²) < 4.78 is 0. The monoisotopic (exact) mass is 313 g/mol. The number of carbonyl (C=O) groups is 1. The molecule has 23 heavy (non-hydrogen) atoms. The average molecular weight is 313 g/mol. The molecule has 2 N–H and O–H groups in total. The molecule has 1 fully saturated rings. The average Bonchev–Trinajstić information content (AvgIpc) is 2.84. The molecule has 4 heteroatoms. The summed E-state index contributed by atoms with van der Waals surface area (Å²) in [6.07, 6.45) is 7.54. The molecule has 0 spiro atoms. The Morgan fingerprint density at radius 1 is 1.30 bits per heavy atom. The van der Waals surface area contributed by atoms with Gasteiger partial charge in [-0.15, -0.1) is 0 Å². The largest absolute Gasteiger partial charge is 0.361 e. The number of likely N-dealkylation sites (tertiary alicyclic amines) is 1. The third-order valence-electron chi connectivity index (χ3n) is 4.88. The number of H-pyrrole nitrogens is 1. The van der Waals surface area contributed by atoms with Gasteiger partial charge in [-0.1, -0.05) is 25.1 Å². The van der Waals surface area contributed by atoms with Crippen LogP contribution in [0.3, 0.4) is 0 Å². The third kappa shape index (κ3) is 4.06. The van der Waals surface area contributed by atoms with Gasteiger partial charge < -0.3 is 15.2 Å². The van der Waals surface area contributed by atoms with Gasteiger partial charge in [0.25, 0.3) is 0 Å². The predicted molar refractivity (Wildman–Crippen MR) is 94.6 cm³/mol. The quantitative estimate of drug-likeness (QED) is 0.825. The lowest BCUT2D eigenvalue weighted by Gasteiger charge is -2.21. The van der Waals surface area contributed by atoms with Gasteiger partial charge in [0.2, 0.25) is 0 Å². The van der Waals surface area contributed by atoms with Gasteiger partial charge in [-0.3, -0.25) is 0 Å². The Bertz CT molecular complexity index is 649. The van der Waals surface area contributed by atoms with Crippen LogP contribution in [0.1, 0.15) is 38.2 Å². The van der Waals surface area contributed by atoms with E-state index in [-0.39, 0.29) is 6.03 Å². The number of hydrogen-bond acceptors (Lipinski definition) is 1. The minimum atomic E-state index is 0.109. The van der Waals surface area contributed by atoms with Crippen molar-refractivity contribution in [3.8, 4) is 0 Å². The number of hydrogen-bond donors (Lipinski definition) is 2. The molecule has 1 atom stereocenters.